The lowest BCUT2D eigenvalue weighted by Crippen LogP contribution is -2.24. The van der Waals surface area contributed by atoms with E-state index in [4.69, 9.17) is 9.15 Å². The molecule has 0 saturated heterocycles. The molecular formula is C8H10O2. The molecule has 1 aromatic heterocycles. The summed E-state index contributed by atoms with van der Waals surface area (Å²) in [6.07, 6.45) is 5.71. The molecule has 1 aromatic rings. The fraction of sp³-hybridized carbons (Fsp3) is 0.500. The van der Waals surface area contributed by atoms with Crippen molar-refractivity contribution in [3.63, 3.8) is 0 Å². The Labute approximate surface area is 59.8 Å². The largest absolute Gasteiger partial charge is 0.462 e. The summed E-state index contributed by atoms with van der Waals surface area (Å²) >= 11 is 0. The van der Waals surface area contributed by atoms with Crippen molar-refractivity contribution in [1.82, 2.24) is 0 Å². The zero-order chi connectivity index (χ0) is 6.81. The van der Waals surface area contributed by atoms with E-state index in [0.29, 0.717) is 12.1 Å². The maximum absolute atomic E-state index is 5.42. The van der Waals surface area contributed by atoms with E-state index in [1.807, 2.05) is 12.1 Å². The highest BCUT2D eigenvalue weighted by atomic mass is 16.6. The summed E-state index contributed by atoms with van der Waals surface area (Å²) in [6, 6.07) is 3.69. The van der Waals surface area contributed by atoms with E-state index in [0.717, 1.165) is 0 Å². The minimum absolute atomic E-state index is 0.422. The van der Waals surface area contributed by atoms with Crippen LogP contribution < -0.4 is 4.74 Å². The minimum Gasteiger partial charge on any atom is -0.462 e. The maximum Gasteiger partial charge on any atom is 0.284 e. The summed E-state index contributed by atoms with van der Waals surface area (Å²) in [5.41, 5.74) is 0. The Morgan fingerprint density at radius 3 is 2.90 bits per heavy atom. The van der Waals surface area contributed by atoms with Crippen molar-refractivity contribution in [2.75, 3.05) is 0 Å². The van der Waals surface area contributed by atoms with E-state index < -0.39 is 0 Å². The predicted molar refractivity (Wildman–Crippen MR) is 37.0 cm³/mol. The summed E-state index contributed by atoms with van der Waals surface area (Å²) in [6.45, 7) is 0. The molecule has 0 aromatic carbocycles. The summed E-state index contributed by atoms with van der Waals surface area (Å²) in [4.78, 5) is 0. The predicted octanol–water partition coefficient (Wildman–Crippen LogP) is 2.21. The van der Waals surface area contributed by atoms with E-state index >= 15 is 0 Å². The Hall–Kier alpha value is -0.920. The molecule has 0 bridgehead atoms. The van der Waals surface area contributed by atoms with Crippen LogP contribution in [0.25, 0.3) is 0 Å². The van der Waals surface area contributed by atoms with Crippen LogP contribution >= 0.6 is 0 Å². The lowest BCUT2D eigenvalue weighted by molar-refractivity contribution is 0.0902. The third kappa shape index (κ3) is 1.01. The fourth-order valence-corrected chi connectivity index (χ4v) is 0.983. The normalized spacial score (nSPS) is 18.4. The number of hydrogen-bond acceptors (Lipinski definition) is 2. The van der Waals surface area contributed by atoms with Gasteiger partial charge in [0, 0.05) is 6.07 Å². The van der Waals surface area contributed by atoms with Crippen molar-refractivity contribution in [2.24, 2.45) is 0 Å². The Kier molecular flexibility index (Phi) is 1.38. The van der Waals surface area contributed by atoms with Gasteiger partial charge in [0.15, 0.2) is 0 Å². The first-order valence-electron chi connectivity index (χ1n) is 3.65. The van der Waals surface area contributed by atoms with Gasteiger partial charge in [0.1, 0.15) is 6.10 Å². The van der Waals surface area contributed by atoms with Crippen molar-refractivity contribution in [1.29, 1.82) is 0 Å². The molecule has 2 rings (SSSR count). The first kappa shape index (κ1) is 5.83. The molecule has 0 atom stereocenters. The van der Waals surface area contributed by atoms with Gasteiger partial charge in [-0.2, -0.15) is 0 Å². The second kappa shape index (κ2) is 2.37. The van der Waals surface area contributed by atoms with Crippen LogP contribution in [0.3, 0.4) is 0 Å². The third-order valence-electron chi connectivity index (χ3n) is 1.83. The molecule has 0 amide bonds. The van der Waals surface area contributed by atoms with Gasteiger partial charge in [-0.25, -0.2) is 0 Å². The molecule has 2 heteroatoms. The fourth-order valence-electron chi connectivity index (χ4n) is 0.983. The van der Waals surface area contributed by atoms with Crippen LogP contribution in [0.2, 0.25) is 0 Å². The van der Waals surface area contributed by atoms with Crippen molar-refractivity contribution in [2.45, 2.75) is 25.4 Å². The Morgan fingerprint density at radius 1 is 1.50 bits per heavy atom. The van der Waals surface area contributed by atoms with E-state index in [9.17, 15) is 0 Å². The number of ether oxygens (including phenoxy) is 1. The summed E-state index contributed by atoms with van der Waals surface area (Å²) in [5.74, 6) is 0.657. The highest BCUT2D eigenvalue weighted by molar-refractivity contribution is 5.04. The molecule has 0 spiro atoms. The first-order valence-corrected chi connectivity index (χ1v) is 3.65. The molecule has 10 heavy (non-hydrogen) atoms. The van der Waals surface area contributed by atoms with Gasteiger partial charge in [0.05, 0.1) is 6.26 Å². The van der Waals surface area contributed by atoms with Crippen LogP contribution in [-0.4, -0.2) is 6.10 Å². The summed E-state index contributed by atoms with van der Waals surface area (Å²) in [5, 5.41) is 0. The van der Waals surface area contributed by atoms with E-state index in [-0.39, 0.29) is 0 Å². The van der Waals surface area contributed by atoms with Gasteiger partial charge in [-0.3, -0.25) is 0 Å². The van der Waals surface area contributed by atoms with E-state index in [2.05, 4.69) is 0 Å². The van der Waals surface area contributed by atoms with Gasteiger partial charge in [0.2, 0.25) is 0 Å². The summed E-state index contributed by atoms with van der Waals surface area (Å²) < 4.78 is 10.4. The van der Waals surface area contributed by atoms with Crippen LogP contribution in [0.4, 0.5) is 0 Å². The molecule has 0 aliphatic heterocycles. The van der Waals surface area contributed by atoms with Crippen molar-refractivity contribution < 1.29 is 9.15 Å². The zero-order valence-corrected chi connectivity index (χ0v) is 5.75. The van der Waals surface area contributed by atoms with Crippen LogP contribution in [0, 0.1) is 0 Å². The Balaban J connectivity index is 1.90. The number of furan rings is 1. The second-order valence-electron chi connectivity index (χ2n) is 2.60. The van der Waals surface area contributed by atoms with Crippen LogP contribution in [0.1, 0.15) is 19.3 Å². The molecule has 0 unspecified atom stereocenters. The molecular weight excluding hydrogens is 128 g/mol. The monoisotopic (exact) mass is 138 g/mol. The van der Waals surface area contributed by atoms with Crippen LogP contribution in [0.5, 0.6) is 5.95 Å². The van der Waals surface area contributed by atoms with Crippen molar-refractivity contribution >= 4 is 0 Å². The van der Waals surface area contributed by atoms with Gasteiger partial charge in [0.25, 0.3) is 5.95 Å². The van der Waals surface area contributed by atoms with Gasteiger partial charge in [-0.05, 0) is 25.3 Å². The van der Waals surface area contributed by atoms with Crippen LogP contribution in [-0.2, 0) is 0 Å². The Bertz CT molecular complexity index is 187. The lowest BCUT2D eigenvalue weighted by atomic mass is 9.96. The lowest BCUT2D eigenvalue weighted by Gasteiger charge is -2.24. The maximum atomic E-state index is 5.42. The third-order valence-corrected chi connectivity index (χ3v) is 1.83. The Morgan fingerprint density at radius 2 is 2.40 bits per heavy atom. The van der Waals surface area contributed by atoms with Gasteiger partial charge < -0.3 is 9.15 Å². The highest BCUT2D eigenvalue weighted by Crippen LogP contribution is 2.24. The standard InChI is InChI=1S/C8H10O2/c1-3-7(4-1)10-8-5-2-6-9-8/h2,5-7H,1,3-4H2. The molecule has 1 saturated carbocycles. The van der Waals surface area contributed by atoms with E-state index in [1.165, 1.54) is 19.3 Å². The number of hydrogen-bond donors (Lipinski definition) is 0. The SMILES string of the molecule is c1coc(OC2CCC2)c1. The average Bonchev–Trinajstić information content (AvgIpc) is 2.29. The molecule has 1 aliphatic carbocycles. The van der Waals surface area contributed by atoms with Crippen molar-refractivity contribution in [3.8, 4) is 5.95 Å². The molecule has 54 valence electrons. The summed E-state index contributed by atoms with van der Waals surface area (Å²) in [7, 11) is 0. The van der Waals surface area contributed by atoms with Crippen LogP contribution in [0.15, 0.2) is 22.8 Å². The van der Waals surface area contributed by atoms with Gasteiger partial charge in [-0.15, -0.1) is 0 Å². The minimum atomic E-state index is 0.422. The van der Waals surface area contributed by atoms with E-state index in [1.54, 1.807) is 6.26 Å². The van der Waals surface area contributed by atoms with Gasteiger partial charge in [-0.1, -0.05) is 0 Å². The van der Waals surface area contributed by atoms with Gasteiger partial charge >= 0.3 is 0 Å². The highest BCUT2D eigenvalue weighted by Gasteiger charge is 2.19. The molecule has 0 radical (unpaired) electrons. The molecule has 1 aliphatic rings. The zero-order valence-electron chi connectivity index (χ0n) is 5.75. The molecule has 1 heterocycles. The molecule has 2 nitrogen and oxygen atoms in total. The average molecular weight is 138 g/mol. The second-order valence-corrected chi connectivity index (χ2v) is 2.60. The van der Waals surface area contributed by atoms with Crippen molar-refractivity contribution in [3.05, 3.63) is 18.4 Å². The quantitative estimate of drug-likeness (QED) is 0.625. The smallest absolute Gasteiger partial charge is 0.284 e. The first-order chi connectivity index (χ1) is 4.95. The molecule has 0 N–H and O–H groups in total. The number of rotatable bonds is 2. The molecule has 1 fully saturated rings. The topological polar surface area (TPSA) is 22.4 Å².